The van der Waals surface area contributed by atoms with Crippen molar-refractivity contribution in [1.29, 1.82) is 0 Å². The summed E-state index contributed by atoms with van der Waals surface area (Å²) in [4.78, 5) is 8.13. The van der Waals surface area contributed by atoms with Gasteiger partial charge in [-0.05, 0) is 34.3 Å². The van der Waals surface area contributed by atoms with Crippen molar-refractivity contribution in [2.24, 2.45) is 0 Å². The molecule has 60 valence electrons. The van der Waals surface area contributed by atoms with Crippen molar-refractivity contribution in [3.8, 4) is 0 Å². The maximum Gasteiger partial charge on any atom is 0.116 e. The predicted molar refractivity (Wildman–Crippen MR) is 48.4 cm³/mol. The molecule has 0 amide bonds. The summed E-state index contributed by atoms with van der Waals surface area (Å²) in [7, 11) is 0. The lowest BCUT2D eigenvalue weighted by Gasteiger charge is -2.06. The molecule has 0 aliphatic rings. The highest BCUT2D eigenvalue weighted by atomic mass is 79.9. The van der Waals surface area contributed by atoms with Crippen LogP contribution in [0.4, 0.5) is 0 Å². The molecule has 0 bridgehead atoms. The van der Waals surface area contributed by atoms with Crippen molar-refractivity contribution < 1.29 is 0 Å². The van der Waals surface area contributed by atoms with Gasteiger partial charge in [-0.15, -0.1) is 0 Å². The molecule has 1 rings (SSSR count). The van der Waals surface area contributed by atoms with E-state index >= 15 is 0 Å². The van der Waals surface area contributed by atoms with Crippen molar-refractivity contribution in [3.63, 3.8) is 0 Å². The summed E-state index contributed by atoms with van der Waals surface area (Å²) >= 11 is 3.31. The third-order valence-corrected chi connectivity index (χ3v) is 2.21. The molecule has 0 saturated heterocycles. The minimum absolute atomic E-state index is 0.522. The number of hydrogen-bond donors (Lipinski definition) is 0. The van der Waals surface area contributed by atoms with Gasteiger partial charge in [0.15, 0.2) is 0 Å². The minimum atomic E-state index is 0.522. The molecule has 11 heavy (non-hydrogen) atoms. The first-order chi connectivity index (χ1) is 5.24. The molecule has 0 aromatic carbocycles. The van der Waals surface area contributed by atoms with Crippen molar-refractivity contribution in [1.82, 2.24) is 9.97 Å². The van der Waals surface area contributed by atoms with E-state index in [1.165, 1.54) is 0 Å². The molecule has 0 fully saturated rings. The highest BCUT2D eigenvalue weighted by Gasteiger charge is 2.03. The van der Waals surface area contributed by atoms with E-state index in [2.05, 4.69) is 39.7 Å². The Morgan fingerprint density at radius 1 is 1.55 bits per heavy atom. The van der Waals surface area contributed by atoms with Gasteiger partial charge in [-0.25, -0.2) is 9.97 Å². The Hall–Kier alpha value is -0.440. The molecule has 1 heterocycles. The summed E-state index contributed by atoms with van der Waals surface area (Å²) in [6.07, 6.45) is 2.70. The summed E-state index contributed by atoms with van der Waals surface area (Å²) < 4.78 is 0.864. The van der Waals surface area contributed by atoms with Crippen LogP contribution in [0.3, 0.4) is 0 Å². The van der Waals surface area contributed by atoms with E-state index in [4.69, 9.17) is 0 Å². The monoisotopic (exact) mass is 214 g/mol. The van der Waals surface area contributed by atoms with E-state index < -0.39 is 0 Å². The second-order valence-corrected chi connectivity index (χ2v) is 3.39. The van der Waals surface area contributed by atoms with E-state index in [1.54, 1.807) is 6.33 Å². The smallest absolute Gasteiger partial charge is 0.116 e. The first-order valence-electron chi connectivity index (χ1n) is 3.71. The van der Waals surface area contributed by atoms with Crippen LogP contribution in [0.5, 0.6) is 0 Å². The summed E-state index contributed by atoms with van der Waals surface area (Å²) in [6, 6.07) is 1.97. The fourth-order valence-corrected chi connectivity index (χ4v) is 1.15. The van der Waals surface area contributed by atoms with E-state index in [0.717, 1.165) is 16.7 Å². The highest BCUT2D eigenvalue weighted by Crippen LogP contribution is 2.17. The third-order valence-electron chi connectivity index (χ3n) is 1.77. The zero-order chi connectivity index (χ0) is 8.27. The van der Waals surface area contributed by atoms with Gasteiger partial charge in [-0.1, -0.05) is 13.8 Å². The van der Waals surface area contributed by atoms with Gasteiger partial charge in [0.05, 0.1) is 0 Å². The molecular weight excluding hydrogens is 204 g/mol. The summed E-state index contributed by atoms with van der Waals surface area (Å²) in [6.45, 7) is 4.31. The Balaban J connectivity index is 2.86. The van der Waals surface area contributed by atoms with Gasteiger partial charge in [0.1, 0.15) is 10.9 Å². The van der Waals surface area contributed by atoms with E-state index in [1.807, 2.05) is 6.07 Å². The standard InChI is InChI=1S/C8H11BrN2/c1-3-6(2)7-4-8(9)11-5-10-7/h4-6H,3H2,1-2H3/t6-/m0/s1. The van der Waals surface area contributed by atoms with Crippen LogP contribution >= 0.6 is 15.9 Å². The number of nitrogens with zero attached hydrogens (tertiary/aromatic N) is 2. The molecule has 0 radical (unpaired) electrons. The molecule has 1 aromatic heterocycles. The van der Waals surface area contributed by atoms with Crippen molar-refractivity contribution >= 4 is 15.9 Å². The van der Waals surface area contributed by atoms with Crippen LogP contribution in [0.25, 0.3) is 0 Å². The Morgan fingerprint density at radius 2 is 2.27 bits per heavy atom. The zero-order valence-electron chi connectivity index (χ0n) is 6.71. The molecule has 0 spiro atoms. The number of rotatable bonds is 2. The van der Waals surface area contributed by atoms with E-state index in [0.29, 0.717) is 5.92 Å². The van der Waals surface area contributed by atoms with Crippen molar-refractivity contribution in [2.75, 3.05) is 0 Å². The van der Waals surface area contributed by atoms with Crippen LogP contribution in [-0.2, 0) is 0 Å². The predicted octanol–water partition coefficient (Wildman–Crippen LogP) is 2.75. The first-order valence-corrected chi connectivity index (χ1v) is 4.50. The maximum atomic E-state index is 4.17. The Bertz CT molecular complexity index is 237. The lowest BCUT2D eigenvalue weighted by molar-refractivity contribution is 0.703. The molecule has 1 atom stereocenters. The Morgan fingerprint density at radius 3 is 2.82 bits per heavy atom. The normalized spacial score (nSPS) is 13.0. The van der Waals surface area contributed by atoms with E-state index in [9.17, 15) is 0 Å². The molecule has 1 aromatic rings. The van der Waals surface area contributed by atoms with Gasteiger partial charge in [0.25, 0.3) is 0 Å². The van der Waals surface area contributed by atoms with Crippen LogP contribution in [0.2, 0.25) is 0 Å². The van der Waals surface area contributed by atoms with Gasteiger partial charge in [0.2, 0.25) is 0 Å². The van der Waals surface area contributed by atoms with Gasteiger partial charge in [-0.3, -0.25) is 0 Å². The fraction of sp³-hybridized carbons (Fsp3) is 0.500. The highest BCUT2D eigenvalue weighted by molar-refractivity contribution is 9.10. The molecular formula is C8H11BrN2. The lowest BCUT2D eigenvalue weighted by Crippen LogP contribution is -1.95. The Labute approximate surface area is 75.2 Å². The van der Waals surface area contributed by atoms with Crippen molar-refractivity contribution in [3.05, 3.63) is 22.7 Å². The van der Waals surface area contributed by atoms with Gasteiger partial charge in [0, 0.05) is 5.69 Å². The molecule has 3 heteroatoms. The number of halogens is 1. The average Bonchev–Trinajstić information content (AvgIpc) is 2.03. The zero-order valence-corrected chi connectivity index (χ0v) is 8.30. The molecule has 0 aliphatic carbocycles. The fourth-order valence-electron chi connectivity index (χ4n) is 0.826. The Kier molecular flexibility index (Phi) is 3.00. The first kappa shape index (κ1) is 8.65. The number of aromatic nitrogens is 2. The minimum Gasteiger partial charge on any atom is -0.241 e. The van der Waals surface area contributed by atoms with Crippen LogP contribution in [0.15, 0.2) is 17.0 Å². The summed E-state index contributed by atoms with van der Waals surface area (Å²) in [5.41, 5.74) is 1.11. The lowest BCUT2D eigenvalue weighted by atomic mass is 10.1. The quantitative estimate of drug-likeness (QED) is 0.709. The van der Waals surface area contributed by atoms with E-state index in [-0.39, 0.29) is 0 Å². The van der Waals surface area contributed by atoms with Crippen LogP contribution in [0, 0.1) is 0 Å². The second-order valence-electron chi connectivity index (χ2n) is 2.57. The van der Waals surface area contributed by atoms with Crippen LogP contribution < -0.4 is 0 Å². The topological polar surface area (TPSA) is 25.8 Å². The van der Waals surface area contributed by atoms with Crippen molar-refractivity contribution in [2.45, 2.75) is 26.2 Å². The second kappa shape index (κ2) is 3.81. The number of hydrogen-bond acceptors (Lipinski definition) is 2. The molecule has 2 nitrogen and oxygen atoms in total. The molecule has 0 aliphatic heterocycles. The SMILES string of the molecule is CC[C@H](C)c1cc(Br)ncn1. The third kappa shape index (κ3) is 2.26. The van der Waals surface area contributed by atoms with Gasteiger partial charge >= 0.3 is 0 Å². The van der Waals surface area contributed by atoms with Crippen LogP contribution in [0.1, 0.15) is 31.9 Å². The summed E-state index contributed by atoms with van der Waals surface area (Å²) in [5, 5.41) is 0. The van der Waals surface area contributed by atoms with Crippen LogP contribution in [-0.4, -0.2) is 9.97 Å². The molecule has 0 unspecified atom stereocenters. The average molecular weight is 215 g/mol. The molecule has 0 N–H and O–H groups in total. The largest absolute Gasteiger partial charge is 0.241 e. The summed E-state index contributed by atoms with van der Waals surface area (Å²) in [5.74, 6) is 0.522. The molecule has 0 saturated carbocycles. The maximum absolute atomic E-state index is 4.17. The van der Waals surface area contributed by atoms with Gasteiger partial charge < -0.3 is 0 Å². The van der Waals surface area contributed by atoms with Gasteiger partial charge in [-0.2, -0.15) is 0 Å².